The van der Waals surface area contributed by atoms with Crippen LogP contribution in [0.25, 0.3) is 0 Å². The summed E-state index contributed by atoms with van der Waals surface area (Å²) >= 11 is 0. The van der Waals surface area contributed by atoms with Gasteiger partial charge in [-0.3, -0.25) is 0 Å². The summed E-state index contributed by atoms with van der Waals surface area (Å²) < 4.78 is 4.87. The Bertz CT molecular complexity index is 293. The lowest BCUT2D eigenvalue weighted by molar-refractivity contribution is 0.293. The molecule has 0 saturated heterocycles. The Balaban J connectivity index is 1.63. The van der Waals surface area contributed by atoms with Crippen molar-refractivity contribution >= 4 is 0 Å². The highest BCUT2D eigenvalue weighted by Gasteiger charge is 2.24. The van der Waals surface area contributed by atoms with Gasteiger partial charge in [-0.25, -0.2) is 0 Å². The van der Waals surface area contributed by atoms with E-state index in [1.165, 1.54) is 0 Å². The van der Waals surface area contributed by atoms with Crippen LogP contribution in [0.1, 0.15) is 24.6 Å². The maximum atomic E-state index is 5.68. The van der Waals surface area contributed by atoms with Gasteiger partial charge in [-0.15, -0.1) is 0 Å². The van der Waals surface area contributed by atoms with Gasteiger partial charge in [0.25, 0.3) is 0 Å². The minimum absolute atomic E-state index is 0.403. The minimum Gasteiger partial charge on any atom is -0.340 e. The van der Waals surface area contributed by atoms with Crippen molar-refractivity contribution in [2.45, 2.75) is 38.3 Å². The number of rotatable bonds is 4. The number of nitrogens with two attached hydrogens (primary N) is 1. The van der Waals surface area contributed by atoms with E-state index in [9.17, 15) is 0 Å². The Hall–Kier alpha value is -0.940. The average Bonchev–Trinajstić information content (AvgIpc) is 2.48. The molecule has 5 nitrogen and oxygen atoms in total. The van der Waals surface area contributed by atoms with Crippen LogP contribution < -0.4 is 11.1 Å². The van der Waals surface area contributed by atoms with Crippen LogP contribution in [0.3, 0.4) is 0 Å². The Kier molecular flexibility index (Phi) is 2.79. The molecule has 78 valence electrons. The van der Waals surface area contributed by atoms with Crippen LogP contribution in [0, 0.1) is 6.92 Å². The lowest BCUT2D eigenvalue weighted by atomic mass is 9.88. The summed E-state index contributed by atoms with van der Waals surface area (Å²) in [5.74, 6) is 1.41. The first-order valence-electron chi connectivity index (χ1n) is 5.02. The Morgan fingerprint density at radius 2 is 2.36 bits per heavy atom. The van der Waals surface area contributed by atoms with Crippen molar-refractivity contribution in [1.82, 2.24) is 15.5 Å². The van der Waals surface area contributed by atoms with E-state index in [1.54, 1.807) is 6.92 Å². The van der Waals surface area contributed by atoms with E-state index in [0.29, 0.717) is 18.0 Å². The molecule has 1 aliphatic rings. The van der Waals surface area contributed by atoms with E-state index in [0.717, 1.165) is 31.6 Å². The van der Waals surface area contributed by atoms with Gasteiger partial charge in [0.2, 0.25) is 5.89 Å². The van der Waals surface area contributed by atoms with E-state index in [1.807, 2.05) is 0 Å². The normalized spacial score (nSPS) is 26.1. The highest BCUT2D eigenvalue weighted by Crippen LogP contribution is 2.16. The molecule has 0 aliphatic heterocycles. The fourth-order valence-corrected chi connectivity index (χ4v) is 1.66. The van der Waals surface area contributed by atoms with E-state index < -0.39 is 0 Å². The van der Waals surface area contributed by atoms with Gasteiger partial charge < -0.3 is 15.6 Å². The molecule has 5 heteroatoms. The predicted octanol–water partition coefficient (Wildman–Crippen LogP) is -0.000180. The molecule has 3 N–H and O–H groups in total. The molecule has 1 aromatic heterocycles. The lowest BCUT2D eigenvalue weighted by Crippen LogP contribution is -2.48. The smallest absolute Gasteiger partial charge is 0.223 e. The number of aromatic nitrogens is 2. The number of hydrogen-bond donors (Lipinski definition) is 2. The number of hydrogen-bond acceptors (Lipinski definition) is 5. The van der Waals surface area contributed by atoms with Crippen LogP contribution in [-0.2, 0) is 6.42 Å². The zero-order valence-electron chi connectivity index (χ0n) is 8.36. The highest BCUT2D eigenvalue weighted by atomic mass is 16.5. The molecule has 1 aliphatic carbocycles. The fourth-order valence-electron chi connectivity index (χ4n) is 1.66. The van der Waals surface area contributed by atoms with Crippen molar-refractivity contribution < 1.29 is 4.52 Å². The topological polar surface area (TPSA) is 77.0 Å². The SMILES string of the molecule is Cc1nc(CCNC2CC(N)C2)no1. The first-order chi connectivity index (χ1) is 6.74. The van der Waals surface area contributed by atoms with Gasteiger partial charge in [0, 0.05) is 32.0 Å². The molecule has 0 spiro atoms. The summed E-state index contributed by atoms with van der Waals surface area (Å²) in [7, 11) is 0. The summed E-state index contributed by atoms with van der Waals surface area (Å²) in [5.41, 5.74) is 5.68. The molecule has 0 unspecified atom stereocenters. The average molecular weight is 196 g/mol. The van der Waals surface area contributed by atoms with Crippen LogP contribution in [0.15, 0.2) is 4.52 Å². The molecule has 14 heavy (non-hydrogen) atoms. The third-order valence-corrected chi connectivity index (χ3v) is 2.53. The van der Waals surface area contributed by atoms with Gasteiger partial charge in [0.15, 0.2) is 5.82 Å². The molecular formula is C9H16N4O. The summed E-state index contributed by atoms with van der Waals surface area (Å²) in [6, 6.07) is 0.998. The van der Waals surface area contributed by atoms with Crippen molar-refractivity contribution in [1.29, 1.82) is 0 Å². The Morgan fingerprint density at radius 1 is 1.57 bits per heavy atom. The van der Waals surface area contributed by atoms with Gasteiger partial charge in [0.1, 0.15) is 0 Å². The number of nitrogens with one attached hydrogen (secondary N) is 1. The lowest BCUT2D eigenvalue weighted by Gasteiger charge is -2.33. The molecule has 0 atom stereocenters. The molecule has 0 aromatic carbocycles. The van der Waals surface area contributed by atoms with Crippen molar-refractivity contribution in [2.75, 3.05) is 6.54 Å². The second-order valence-electron chi connectivity index (χ2n) is 3.86. The summed E-state index contributed by atoms with van der Waals surface area (Å²) in [6.07, 6.45) is 3.00. The van der Waals surface area contributed by atoms with Crippen LogP contribution >= 0.6 is 0 Å². The van der Waals surface area contributed by atoms with E-state index in [4.69, 9.17) is 10.3 Å². The molecule has 1 heterocycles. The Morgan fingerprint density at radius 3 is 2.93 bits per heavy atom. The zero-order chi connectivity index (χ0) is 9.97. The number of aryl methyl sites for hydroxylation is 1. The van der Waals surface area contributed by atoms with Crippen LogP contribution in [0.2, 0.25) is 0 Å². The summed E-state index contributed by atoms with van der Waals surface area (Å²) in [6.45, 7) is 2.70. The minimum atomic E-state index is 0.403. The fraction of sp³-hybridized carbons (Fsp3) is 0.778. The van der Waals surface area contributed by atoms with Gasteiger partial charge >= 0.3 is 0 Å². The number of nitrogens with zero attached hydrogens (tertiary/aromatic N) is 2. The molecule has 0 radical (unpaired) electrons. The molecular weight excluding hydrogens is 180 g/mol. The maximum Gasteiger partial charge on any atom is 0.223 e. The van der Waals surface area contributed by atoms with Crippen LogP contribution in [0.4, 0.5) is 0 Å². The van der Waals surface area contributed by atoms with Gasteiger partial charge in [-0.1, -0.05) is 5.16 Å². The molecule has 0 amide bonds. The van der Waals surface area contributed by atoms with Crippen molar-refractivity contribution in [3.63, 3.8) is 0 Å². The van der Waals surface area contributed by atoms with Crippen LogP contribution in [0.5, 0.6) is 0 Å². The van der Waals surface area contributed by atoms with Gasteiger partial charge in [-0.2, -0.15) is 4.98 Å². The molecule has 0 bridgehead atoms. The van der Waals surface area contributed by atoms with Crippen molar-refractivity contribution in [3.05, 3.63) is 11.7 Å². The predicted molar refractivity (Wildman–Crippen MR) is 51.7 cm³/mol. The summed E-state index contributed by atoms with van der Waals surface area (Å²) in [5, 5.41) is 7.23. The van der Waals surface area contributed by atoms with Gasteiger partial charge in [-0.05, 0) is 12.8 Å². The standard InChI is InChI=1S/C9H16N4O/c1-6-12-9(13-14-6)2-3-11-8-4-7(10)5-8/h7-8,11H,2-5,10H2,1H3. The van der Waals surface area contributed by atoms with E-state index in [-0.39, 0.29) is 0 Å². The maximum absolute atomic E-state index is 5.68. The first kappa shape index (κ1) is 9.61. The van der Waals surface area contributed by atoms with Crippen molar-refractivity contribution in [3.8, 4) is 0 Å². The van der Waals surface area contributed by atoms with Crippen molar-refractivity contribution in [2.24, 2.45) is 5.73 Å². The summed E-state index contributed by atoms with van der Waals surface area (Å²) in [4.78, 5) is 4.12. The van der Waals surface area contributed by atoms with E-state index in [2.05, 4.69) is 15.5 Å². The third kappa shape index (κ3) is 2.30. The van der Waals surface area contributed by atoms with E-state index >= 15 is 0 Å². The molecule has 2 rings (SSSR count). The largest absolute Gasteiger partial charge is 0.340 e. The third-order valence-electron chi connectivity index (χ3n) is 2.53. The molecule has 1 aromatic rings. The van der Waals surface area contributed by atoms with Gasteiger partial charge in [0.05, 0.1) is 0 Å². The quantitative estimate of drug-likeness (QED) is 0.708. The second kappa shape index (κ2) is 4.06. The second-order valence-corrected chi connectivity index (χ2v) is 3.86. The molecule has 1 saturated carbocycles. The first-order valence-corrected chi connectivity index (χ1v) is 5.02. The Labute approximate surface area is 83.1 Å². The molecule has 1 fully saturated rings. The highest BCUT2D eigenvalue weighted by molar-refractivity contribution is 4.89. The monoisotopic (exact) mass is 196 g/mol. The van der Waals surface area contributed by atoms with Crippen LogP contribution in [-0.4, -0.2) is 28.8 Å². The zero-order valence-corrected chi connectivity index (χ0v) is 8.36.